The molecule has 1 N–H and O–H groups in total. The highest BCUT2D eigenvalue weighted by Crippen LogP contribution is 2.26. The zero-order valence-electron chi connectivity index (χ0n) is 13.6. The third kappa shape index (κ3) is 3.09. The molecule has 0 aliphatic carbocycles. The lowest BCUT2D eigenvalue weighted by Gasteiger charge is -2.31. The van der Waals surface area contributed by atoms with Crippen molar-refractivity contribution in [2.75, 3.05) is 38.2 Å². The third-order valence-electron chi connectivity index (χ3n) is 4.45. The molecule has 0 spiro atoms. The first-order chi connectivity index (χ1) is 11.1. The number of rotatable bonds is 2. The van der Waals surface area contributed by atoms with E-state index in [1.165, 1.54) is 0 Å². The van der Waals surface area contributed by atoms with Gasteiger partial charge < -0.3 is 14.6 Å². The number of hydrogen-bond donors (Lipinski definition) is 1. The minimum absolute atomic E-state index is 0.0674. The summed E-state index contributed by atoms with van der Waals surface area (Å²) in [6, 6.07) is 0. The van der Waals surface area contributed by atoms with Crippen LogP contribution in [0.1, 0.15) is 31.4 Å². The van der Waals surface area contributed by atoms with Gasteiger partial charge in [0.25, 0.3) is 0 Å². The number of hydrogen-bond acceptors (Lipinski definition) is 4. The highest BCUT2D eigenvalue weighted by molar-refractivity contribution is 5.67. The molecule has 3 heterocycles. The van der Waals surface area contributed by atoms with Crippen LogP contribution >= 0.6 is 0 Å². The van der Waals surface area contributed by atoms with E-state index in [2.05, 4.69) is 4.98 Å². The van der Waals surface area contributed by atoms with Gasteiger partial charge in [0.05, 0.1) is 25.5 Å². The lowest BCUT2D eigenvalue weighted by Crippen LogP contribution is -2.46. The maximum Gasteiger partial charge on any atom is 0.409 e. The number of aromatic amines is 1. The molecule has 1 amide bonds. The quantitative estimate of drug-likeness (QED) is 0.823. The van der Waals surface area contributed by atoms with Crippen LogP contribution in [-0.4, -0.2) is 49.3 Å². The smallest absolute Gasteiger partial charge is 0.409 e. The van der Waals surface area contributed by atoms with Crippen LogP contribution in [0.2, 0.25) is 0 Å². The number of fused-ring (bicyclic) bond motifs is 1. The van der Waals surface area contributed by atoms with Gasteiger partial charge in [-0.05, 0) is 25.8 Å². The van der Waals surface area contributed by atoms with Gasteiger partial charge in [0.15, 0.2) is 0 Å². The molecule has 23 heavy (non-hydrogen) atoms. The number of nitrogens with zero attached hydrogens (tertiary/aromatic N) is 3. The molecule has 1 saturated heterocycles. The second-order valence-electron chi connectivity index (χ2n) is 5.99. The topological polar surface area (TPSA) is 69.5 Å². The van der Waals surface area contributed by atoms with E-state index < -0.39 is 0 Å². The number of carbonyl (C=O) groups excluding carboxylic acids is 1. The average molecular weight is 319 g/mol. The number of likely N-dealkylation sites (N-methyl/N-ethyl adjacent to an activating group) is 1. The Balaban J connectivity index is 1.75. The zero-order chi connectivity index (χ0) is 16.4. The van der Waals surface area contributed by atoms with E-state index >= 15 is 0 Å². The molecule has 124 valence electrons. The molecule has 2 aliphatic heterocycles. The average Bonchev–Trinajstić information content (AvgIpc) is 2.55. The molecule has 1 fully saturated rings. The summed E-state index contributed by atoms with van der Waals surface area (Å²) in [4.78, 5) is 30.8. The van der Waals surface area contributed by atoms with Crippen molar-refractivity contribution in [2.45, 2.75) is 25.7 Å². The van der Waals surface area contributed by atoms with Crippen molar-refractivity contribution in [1.29, 1.82) is 0 Å². The standard InChI is InChI=1S/C16H22N4O3/c1-3-23-16(22)19-9-5-12(6-10-19)13-11-20-8-4-7-18(2)15(20)14(21)17-13/h4,8,11-12H,3,5-7,9-10H2,1-2H3/p+1. The fraction of sp³-hybridized carbons (Fsp3) is 0.562. The molecule has 0 unspecified atom stereocenters. The van der Waals surface area contributed by atoms with Crippen molar-refractivity contribution in [3.8, 4) is 0 Å². The van der Waals surface area contributed by atoms with Gasteiger partial charge in [-0.25, -0.2) is 9.36 Å². The summed E-state index contributed by atoms with van der Waals surface area (Å²) in [5, 5.41) is 0. The highest BCUT2D eigenvalue weighted by Gasteiger charge is 2.28. The Morgan fingerprint density at radius 2 is 2.17 bits per heavy atom. The number of aromatic nitrogens is 2. The first-order valence-electron chi connectivity index (χ1n) is 8.08. The molecular weight excluding hydrogens is 296 g/mol. The summed E-state index contributed by atoms with van der Waals surface area (Å²) in [5.41, 5.74) is 0.865. The van der Waals surface area contributed by atoms with E-state index in [1.807, 2.05) is 41.9 Å². The molecule has 0 aromatic carbocycles. The largest absolute Gasteiger partial charge is 0.450 e. The molecule has 7 nitrogen and oxygen atoms in total. The summed E-state index contributed by atoms with van der Waals surface area (Å²) in [5.74, 6) is 0.909. The number of carbonyl (C=O) groups is 1. The Morgan fingerprint density at radius 3 is 2.87 bits per heavy atom. The van der Waals surface area contributed by atoms with Gasteiger partial charge in [-0.2, -0.15) is 0 Å². The van der Waals surface area contributed by atoms with Crippen LogP contribution in [0, 0.1) is 0 Å². The van der Waals surface area contributed by atoms with Gasteiger partial charge in [0, 0.05) is 19.0 Å². The summed E-state index contributed by atoms with van der Waals surface area (Å²) >= 11 is 0. The summed E-state index contributed by atoms with van der Waals surface area (Å²) in [7, 11) is 1.90. The van der Waals surface area contributed by atoms with Crippen LogP contribution in [0.5, 0.6) is 0 Å². The summed E-state index contributed by atoms with van der Waals surface area (Å²) in [6.07, 6.45) is 7.36. The Morgan fingerprint density at radius 1 is 1.43 bits per heavy atom. The van der Waals surface area contributed by atoms with Gasteiger partial charge in [-0.15, -0.1) is 0 Å². The monoisotopic (exact) mass is 319 g/mol. The number of amides is 1. The molecule has 0 atom stereocenters. The van der Waals surface area contributed by atoms with Crippen LogP contribution in [-0.2, 0) is 4.74 Å². The number of anilines is 1. The van der Waals surface area contributed by atoms with E-state index in [0.29, 0.717) is 25.5 Å². The fourth-order valence-corrected chi connectivity index (χ4v) is 3.23. The first kappa shape index (κ1) is 15.6. The van der Waals surface area contributed by atoms with Crippen molar-refractivity contribution in [3.05, 3.63) is 28.3 Å². The van der Waals surface area contributed by atoms with Gasteiger partial charge in [-0.1, -0.05) is 0 Å². The van der Waals surface area contributed by atoms with Gasteiger partial charge in [-0.3, -0.25) is 9.69 Å². The number of H-pyrrole nitrogens is 1. The van der Waals surface area contributed by atoms with E-state index in [4.69, 9.17) is 4.74 Å². The van der Waals surface area contributed by atoms with E-state index in [-0.39, 0.29) is 17.6 Å². The molecule has 0 radical (unpaired) electrons. The van der Waals surface area contributed by atoms with Crippen LogP contribution < -0.4 is 15.0 Å². The second-order valence-corrected chi connectivity index (χ2v) is 5.99. The van der Waals surface area contributed by atoms with Crippen molar-refractivity contribution in [3.63, 3.8) is 0 Å². The lowest BCUT2D eigenvalue weighted by molar-refractivity contribution is -0.558. The minimum atomic E-state index is -0.246. The number of nitrogens with one attached hydrogen (secondary N) is 1. The fourth-order valence-electron chi connectivity index (χ4n) is 3.23. The summed E-state index contributed by atoms with van der Waals surface area (Å²) < 4.78 is 6.92. The maximum absolute atomic E-state index is 12.4. The minimum Gasteiger partial charge on any atom is -0.450 e. The van der Waals surface area contributed by atoms with Crippen LogP contribution in [0.25, 0.3) is 6.20 Å². The Labute approximate surface area is 135 Å². The SMILES string of the molecule is CCOC(=O)N1CCC(c2c[n+]3c(c(=O)[nH]2)N(C)CC=C3)CC1. The summed E-state index contributed by atoms with van der Waals surface area (Å²) in [6.45, 7) is 4.25. The molecule has 2 aliphatic rings. The van der Waals surface area contributed by atoms with Crippen molar-refractivity contribution >= 4 is 18.1 Å². The Hall–Kier alpha value is -2.31. The lowest BCUT2D eigenvalue weighted by atomic mass is 9.94. The molecule has 7 heteroatoms. The van der Waals surface area contributed by atoms with Crippen LogP contribution in [0.3, 0.4) is 0 Å². The van der Waals surface area contributed by atoms with E-state index in [9.17, 15) is 9.59 Å². The normalized spacial score (nSPS) is 18.0. The van der Waals surface area contributed by atoms with Gasteiger partial charge >= 0.3 is 17.5 Å². The third-order valence-corrected chi connectivity index (χ3v) is 4.45. The van der Waals surface area contributed by atoms with Crippen molar-refractivity contribution < 1.29 is 14.1 Å². The van der Waals surface area contributed by atoms with Crippen LogP contribution in [0.4, 0.5) is 10.6 Å². The first-order valence-corrected chi connectivity index (χ1v) is 8.08. The highest BCUT2D eigenvalue weighted by atomic mass is 16.6. The van der Waals surface area contributed by atoms with Crippen molar-refractivity contribution in [2.24, 2.45) is 0 Å². The van der Waals surface area contributed by atoms with Crippen LogP contribution in [0.15, 0.2) is 17.1 Å². The zero-order valence-corrected chi connectivity index (χ0v) is 13.6. The molecular formula is C16H23N4O3+. The second kappa shape index (κ2) is 6.44. The van der Waals surface area contributed by atoms with Gasteiger partial charge in [0.2, 0.25) is 0 Å². The van der Waals surface area contributed by atoms with Crippen molar-refractivity contribution in [1.82, 2.24) is 9.88 Å². The predicted octanol–water partition coefficient (Wildman–Crippen LogP) is 0.919. The molecule has 1 aromatic heterocycles. The predicted molar refractivity (Wildman–Crippen MR) is 86.4 cm³/mol. The number of ether oxygens (including phenoxy) is 1. The molecule has 1 aromatic rings. The molecule has 0 bridgehead atoms. The maximum atomic E-state index is 12.4. The van der Waals surface area contributed by atoms with E-state index in [0.717, 1.165) is 25.1 Å². The number of likely N-dealkylation sites (tertiary alicyclic amines) is 1. The molecule has 0 saturated carbocycles. The Kier molecular flexibility index (Phi) is 4.36. The number of piperidine rings is 1. The van der Waals surface area contributed by atoms with Gasteiger partial charge in [0.1, 0.15) is 12.7 Å². The molecule has 3 rings (SSSR count). The Bertz CT molecular complexity index is 674. The van der Waals surface area contributed by atoms with E-state index in [1.54, 1.807) is 4.90 Å².